The van der Waals surface area contributed by atoms with Gasteiger partial charge in [-0.15, -0.1) is 0 Å². The second-order valence-electron chi connectivity index (χ2n) is 8.54. The Bertz CT molecular complexity index is 491. The zero-order chi connectivity index (χ0) is 17.3. The van der Waals surface area contributed by atoms with Crippen LogP contribution in [0.5, 0.6) is 0 Å². The van der Waals surface area contributed by atoms with Crippen LogP contribution in [0.2, 0.25) is 0 Å². The second kappa shape index (κ2) is 6.78. The molecule has 3 nitrogen and oxygen atoms in total. The van der Waals surface area contributed by atoms with Gasteiger partial charge in [0.15, 0.2) is 0 Å². The van der Waals surface area contributed by atoms with Crippen molar-refractivity contribution >= 4 is 12.3 Å². The molecule has 4 unspecified atom stereocenters. The minimum Gasteiger partial charge on any atom is -0.462 e. The van der Waals surface area contributed by atoms with Gasteiger partial charge in [-0.3, -0.25) is 9.59 Å². The van der Waals surface area contributed by atoms with Crippen molar-refractivity contribution in [3.05, 3.63) is 11.6 Å². The Morgan fingerprint density at radius 3 is 2.57 bits per heavy atom. The van der Waals surface area contributed by atoms with Crippen LogP contribution in [0.25, 0.3) is 0 Å². The number of hydrogen-bond donors (Lipinski definition) is 0. The minimum absolute atomic E-state index is 0.0526. The molecule has 0 amide bonds. The number of fused-ring (bicyclic) bond motifs is 2. The molecule has 4 atom stereocenters. The van der Waals surface area contributed by atoms with E-state index in [0.29, 0.717) is 12.3 Å². The molecule has 0 aliphatic heterocycles. The van der Waals surface area contributed by atoms with Crippen LogP contribution in [0, 0.1) is 22.7 Å². The predicted octanol–water partition coefficient (Wildman–Crippen LogP) is 4.70. The summed E-state index contributed by atoms with van der Waals surface area (Å²) in [6, 6.07) is 0. The summed E-state index contributed by atoms with van der Waals surface area (Å²) in [6.07, 6.45) is 8.62. The van der Waals surface area contributed by atoms with E-state index in [1.807, 2.05) is 13.0 Å². The van der Waals surface area contributed by atoms with Gasteiger partial charge in [0.2, 0.25) is 0 Å². The fourth-order valence-corrected chi connectivity index (χ4v) is 4.55. The molecule has 2 saturated carbocycles. The summed E-state index contributed by atoms with van der Waals surface area (Å²) < 4.78 is 5.89. The van der Waals surface area contributed by atoms with Gasteiger partial charge < -0.3 is 4.74 Å². The lowest BCUT2D eigenvalue weighted by Crippen LogP contribution is -2.38. The highest BCUT2D eigenvalue weighted by molar-refractivity contribution is 5.72. The normalized spacial score (nSPS) is 33.5. The zero-order valence-corrected chi connectivity index (χ0v) is 15.4. The van der Waals surface area contributed by atoms with Gasteiger partial charge in [0.1, 0.15) is 12.4 Å². The molecule has 2 bridgehead atoms. The van der Waals surface area contributed by atoms with E-state index in [0.717, 1.165) is 31.1 Å². The maximum absolute atomic E-state index is 12.3. The Morgan fingerprint density at radius 2 is 2.04 bits per heavy atom. The van der Waals surface area contributed by atoms with Gasteiger partial charge in [0, 0.05) is 11.8 Å². The van der Waals surface area contributed by atoms with E-state index in [1.165, 1.54) is 12.8 Å². The summed E-state index contributed by atoms with van der Waals surface area (Å²) in [5, 5.41) is 0. The monoisotopic (exact) mass is 320 g/mol. The number of esters is 1. The lowest BCUT2D eigenvalue weighted by Gasteiger charge is -2.38. The average Bonchev–Trinajstić information content (AvgIpc) is 2.80. The molecule has 2 aliphatic rings. The van der Waals surface area contributed by atoms with Crippen LogP contribution >= 0.6 is 0 Å². The Hall–Kier alpha value is -1.12. The standard InChI is InChI=1S/C20H32O3/c1-14(7-6-8-15(2)13-21)11-18(22)23-17-12-16-9-10-20(17,5)19(16,3)4/h8,13-14,16-17H,6-7,9-12H2,1-5H3. The molecule has 23 heavy (non-hydrogen) atoms. The quantitative estimate of drug-likeness (QED) is 0.388. The number of carbonyl (C=O) groups excluding carboxylic acids is 2. The van der Waals surface area contributed by atoms with E-state index in [1.54, 1.807) is 0 Å². The lowest BCUT2D eigenvalue weighted by atomic mass is 9.70. The molecule has 2 aliphatic carbocycles. The number of hydrogen-bond acceptors (Lipinski definition) is 3. The third-order valence-electron chi connectivity index (χ3n) is 6.81. The van der Waals surface area contributed by atoms with Crippen LogP contribution in [-0.4, -0.2) is 18.4 Å². The molecule has 0 aromatic carbocycles. The zero-order valence-electron chi connectivity index (χ0n) is 15.4. The molecule has 2 rings (SSSR count). The molecule has 0 aromatic rings. The van der Waals surface area contributed by atoms with Crippen molar-refractivity contribution in [2.45, 2.75) is 79.2 Å². The van der Waals surface area contributed by atoms with Crippen molar-refractivity contribution < 1.29 is 14.3 Å². The maximum Gasteiger partial charge on any atom is 0.306 e. The van der Waals surface area contributed by atoms with Gasteiger partial charge in [-0.2, -0.15) is 0 Å². The highest BCUT2D eigenvalue weighted by atomic mass is 16.5. The topological polar surface area (TPSA) is 43.4 Å². The Morgan fingerprint density at radius 1 is 1.35 bits per heavy atom. The highest BCUT2D eigenvalue weighted by Crippen LogP contribution is 2.66. The van der Waals surface area contributed by atoms with E-state index in [2.05, 4.69) is 27.7 Å². The van der Waals surface area contributed by atoms with Gasteiger partial charge in [0.25, 0.3) is 0 Å². The Balaban J connectivity index is 1.81. The average molecular weight is 320 g/mol. The van der Waals surface area contributed by atoms with Gasteiger partial charge >= 0.3 is 5.97 Å². The largest absolute Gasteiger partial charge is 0.462 e. The molecule has 0 radical (unpaired) electrons. The summed E-state index contributed by atoms with van der Waals surface area (Å²) in [5.74, 6) is 0.931. The van der Waals surface area contributed by atoms with Crippen molar-refractivity contribution in [1.29, 1.82) is 0 Å². The lowest BCUT2D eigenvalue weighted by molar-refractivity contribution is -0.157. The highest BCUT2D eigenvalue weighted by Gasteiger charge is 2.62. The maximum atomic E-state index is 12.3. The first-order valence-electron chi connectivity index (χ1n) is 9.02. The van der Waals surface area contributed by atoms with E-state index in [9.17, 15) is 9.59 Å². The number of carbonyl (C=O) groups is 2. The van der Waals surface area contributed by atoms with Crippen molar-refractivity contribution in [3.8, 4) is 0 Å². The molecule has 130 valence electrons. The van der Waals surface area contributed by atoms with E-state index in [4.69, 9.17) is 4.74 Å². The summed E-state index contributed by atoms with van der Waals surface area (Å²) >= 11 is 0. The van der Waals surface area contributed by atoms with E-state index < -0.39 is 0 Å². The van der Waals surface area contributed by atoms with Crippen LogP contribution in [0.3, 0.4) is 0 Å². The molecule has 0 heterocycles. The first-order chi connectivity index (χ1) is 10.7. The second-order valence-corrected chi connectivity index (χ2v) is 8.54. The third-order valence-corrected chi connectivity index (χ3v) is 6.81. The van der Waals surface area contributed by atoms with Gasteiger partial charge in [-0.05, 0) is 61.9 Å². The first-order valence-corrected chi connectivity index (χ1v) is 9.02. The van der Waals surface area contributed by atoms with Crippen molar-refractivity contribution in [2.75, 3.05) is 0 Å². The van der Waals surface area contributed by atoms with Crippen LogP contribution in [-0.2, 0) is 14.3 Å². The molecule has 0 saturated heterocycles. The van der Waals surface area contributed by atoms with Crippen LogP contribution < -0.4 is 0 Å². The predicted molar refractivity (Wildman–Crippen MR) is 91.9 cm³/mol. The van der Waals surface area contributed by atoms with Crippen molar-refractivity contribution in [2.24, 2.45) is 22.7 Å². The summed E-state index contributed by atoms with van der Waals surface area (Å²) in [6.45, 7) is 10.9. The molecule has 0 spiro atoms. The number of rotatable bonds is 7. The molecular formula is C20H32O3. The fourth-order valence-electron chi connectivity index (χ4n) is 4.55. The molecule has 3 heteroatoms. The third kappa shape index (κ3) is 3.54. The van der Waals surface area contributed by atoms with Gasteiger partial charge in [0.05, 0.1) is 0 Å². The first kappa shape index (κ1) is 18.2. The van der Waals surface area contributed by atoms with Crippen LogP contribution in [0.1, 0.15) is 73.1 Å². The summed E-state index contributed by atoms with van der Waals surface area (Å²) in [7, 11) is 0. The molecule has 2 fully saturated rings. The van der Waals surface area contributed by atoms with Gasteiger partial charge in [-0.1, -0.05) is 33.8 Å². The summed E-state index contributed by atoms with van der Waals surface area (Å²) in [5.41, 5.74) is 1.18. The number of aldehydes is 1. The summed E-state index contributed by atoms with van der Waals surface area (Å²) in [4.78, 5) is 22.9. The Kier molecular flexibility index (Phi) is 5.37. The number of ether oxygens (including phenoxy) is 1. The van der Waals surface area contributed by atoms with Crippen molar-refractivity contribution in [1.82, 2.24) is 0 Å². The van der Waals surface area contributed by atoms with Crippen molar-refractivity contribution in [3.63, 3.8) is 0 Å². The smallest absolute Gasteiger partial charge is 0.306 e. The van der Waals surface area contributed by atoms with E-state index in [-0.39, 0.29) is 28.8 Å². The van der Waals surface area contributed by atoms with Crippen LogP contribution in [0.15, 0.2) is 11.6 Å². The number of allylic oxidation sites excluding steroid dienone is 2. The Labute approximate surface area is 140 Å². The molecular weight excluding hydrogens is 288 g/mol. The van der Waals surface area contributed by atoms with Gasteiger partial charge in [-0.25, -0.2) is 0 Å². The fraction of sp³-hybridized carbons (Fsp3) is 0.800. The molecule has 0 aromatic heterocycles. The van der Waals surface area contributed by atoms with E-state index >= 15 is 0 Å². The van der Waals surface area contributed by atoms with Crippen LogP contribution in [0.4, 0.5) is 0 Å². The SMILES string of the molecule is CC(C=O)=CCCC(C)CC(=O)OC1CC2CCC1(C)C2(C)C. The minimum atomic E-state index is -0.0526. The molecule has 0 N–H and O–H groups in total.